The average molecular weight is 556 g/mol. The maximum absolute atomic E-state index is 12.5. The van der Waals surface area contributed by atoms with Crippen molar-refractivity contribution in [2.45, 2.75) is 67.5 Å². The number of nitrogens with zero attached hydrogens (tertiary/aromatic N) is 3. The van der Waals surface area contributed by atoms with E-state index < -0.39 is 9.84 Å². The number of halogens is 1. The summed E-state index contributed by atoms with van der Waals surface area (Å²) in [4.78, 5) is 11.4. The van der Waals surface area contributed by atoms with Gasteiger partial charge in [-0.1, -0.05) is 41.9 Å². The molecule has 3 fully saturated rings. The Hall–Kier alpha value is -2.72. The number of rotatable bonds is 8. The smallest absolute Gasteiger partial charge is 0.229 e. The summed E-state index contributed by atoms with van der Waals surface area (Å²) in [5.74, 6) is 1.12. The molecule has 0 radical (unpaired) electrons. The van der Waals surface area contributed by atoms with Gasteiger partial charge < -0.3 is 14.2 Å². The molecule has 8 nitrogen and oxygen atoms in total. The summed E-state index contributed by atoms with van der Waals surface area (Å²) < 4.78 is 43.3. The van der Waals surface area contributed by atoms with Crippen LogP contribution in [0.1, 0.15) is 36.8 Å². The molecule has 10 heteroatoms. The number of sulfone groups is 1. The summed E-state index contributed by atoms with van der Waals surface area (Å²) in [6.07, 6.45) is 4.48. The average Bonchev–Trinajstić information content (AvgIpc) is 3.75. The van der Waals surface area contributed by atoms with E-state index in [0.717, 1.165) is 19.4 Å². The zero-order valence-corrected chi connectivity index (χ0v) is 22.7. The zero-order valence-electron chi connectivity index (χ0n) is 21.1. The van der Waals surface area contributed by atoms with Crippen molar-refractivity contribution in [3.05, 3.63) is 71.0 Å². The van der Waals surface area contributed by atoms with Gasteiger partial charge >= 0.3 is 0 Å². The van der Waals surface area contributed by atoms with Crippen molar-refractivity contribution >= 4 is 21.4 Å². The molecule has 3 atom stereocenters. The van der Waals surface area contributed by atoms with Crippen LogP contribution in [0.15, 0.2) is 59.8 Å². The molecule has 38 heavy (non-hydrogen) atoms. The van der Waals surface area contributed by atoms with Crippen molar-refractivity contribution < 1.29 is 22.6 Å². The minimum Gasteiger partial charge on any atom is -0.474 e. The van der Waals surface area contributed by atoms with Gasteiger partial charge in [-0.15, -0.1) is 0 Å². The Morgan fingerprint density at radius 1 is 1.03 bits per heavy atom. The Morgan fingerprint density at radius 2 is 1.74 bits per heavy atom. The summed E-state index contributed by atoms with van der Waals surface area (Å²) in [5.41, 5.74) is 1.96. The standard InChI is InChI=1S/C28H30ClN3O5S/c1-18-27(36-22-11-20-15-35-16-21(12-22)32(20)14-19-5-3-2-4-6-19)30-17-31-28(18)37-26-10-9-24(13-25(26)29)38(33,34)23-7-8-23/h2-6,9-10,13,17,20-23H,7-8,11-12,14-16H2,1H3/t20-,21?,22+/m1/s1. The van der Waals surface area contributed by atoms with Crippen LogP contribution in [0.4, 0.5) is 0 Å². The molecule has 1 aromatic heterocycles. The van der Waals surface area contributed by atoms with Crippen LogP contribution < -0.4 is 9.47 Å². The molecule has 1 aliphatic carbocycles. The second kappa shape index (κ2) is 10.4. The van der Waals surface area contributed by atoms with Crippen molar-refractivity contribution in [2.75, 3.05) is 13.2 Å². The lowest BCUT2D eigenvalue weighted by Crippen LogP contribution is -2.58. The van der Waals surface area contributed by atoms with Crippen molar-refractivity contribution in [2.24, 2.45) is 0 Å². The van der Waals surface area contributed by atoms with E-state index in [-0.39, 0.29) is 33.4 Å². The molecular formula is C28H30ClN3O5S. The molecule has 2 bridgehead atoms. The van der Waals surface area contributed by atoms with Gasteiger partial charge in [-0.05, 0) is 43.5 Å². The van der Waals surface area contributed by atoms with Gasteiger partial charge in [0, 0.05) is 31.5 Å². The predicted molar refractivity (Wildman–Crippen MR) is 143 cm³/mol. The summed E-state index contributed by atoms with van der Waals surface area (Å²) in [7, 11) is -3.34. The highest BCUT2D eigenvalue weighted by atomic mass is 35.5. The molecule has 0 N–H and O–H groups in total. The van der Waals surface area contributed by atoms with E-state index in [0.29, 0.717) is 49.1 Å². The highest BCUT2D eigenvalue weighted by Crippen LogP contribution is 2.38. The fourth-order valence-corrected chi connectivity index (χ4v) is 7.27. The van der Waals surface area contributed by atoms with Gasteiger partial charge in [0.05, 0.1) is 33.9 Å². The predicted octanol–water partition coefficient (Wildman–Crippen LogP) is 4.98. The van der Waals surface area contributed by atoms with Gasteiger partial charge in [0.1, 0.15) is 18.2 Å². The number of aromatic nitrogens is 2. The number of ether oxygens (including phenoxy) is 3. The molecular weight excluding hydrogens is 526 g/mol. The van der Waals surface area contributed by atoms with E-state index in [1.807, 2.05) is 13.0 Å². The molecule has 2 saturated heterocycles. The van der Waals surface area contributed by atoms with Gasteiger partial charge in [0.2, 0.25) is 11.8 Å². The summed E-state index contributed by atoms with van der Waals surface area (Å²) in [5, 5.41) is -0.0868. The van der Waals surface area contributed by atoms with E-state index in [1.54, 1.807) is 6.07 Å². The highest BCUT2D eigenvalue weighted by molar-refractivity contribution is 7.92. The maximum atomic E-state index is 12.5. The van der Waals surface area contributed by atoms with Gasteiger partial charge in [-0.25, -0.2) is 18.4 Å². The number of hydrogen-bond acceptors (Lipinski definition) is 8. The first-order chi connectivity index (χ1) is 18.4. The summed E-state index contributed by atoms with van der Waals surface area (Å²) in [6.45, 7) is 4.12. The van der Waals surface area contributed by atoms with Crippen molar-refractivity contribution in [3.63, 3.8) is 0 Å². The number of morpholine rings is 1. The second-order valence-corrected chi connectivity index (χ2v) is 12.9. The first-order valence-corrected chi connectivity index (χ1v) is 14.9. The van der Waals surface area contributed by atoms with Crippen LogP contribution in [-0.4, -0.2) is 59.9 Å². The lowest BCUT2D eigenvalue weighted by molar-refractivity contribution is -0.104. The molecule has 200 valence electrons. The van der Waals surface area contributed by atoms with Crippen molar-refractivity contribution in [1.29, 1.82) is 0 Å². The third-order valence-electron chi connectivity index (χ3n) is 7.51. The van der Waals surface area contributed by atoms with E-state index >= 15 is 0 Å². The highest BCUT2D eigenvalue weighted by Gasteiger charge is 2.40. The Kier molecular flexibility index (Phi) is 7.03. The lowest BCUT2D eigenvalue weighted by Gasteiger charge is -2.48. The number of hydrogen-bond donors (Lipinski definition) is 0. The third-order valence-corrected chi connectivity index (χ3v) is 10.1. The Balaban J connectivity index is 1.15. The van der Waals surface area contributed by atoms with Crippen LogP contribution in [0, 0.1) is 6.92 Å². The van der Waals surface area contributed by atoms with Crippen molar-refractivity contribution in [1.82, 2.24) is 14.9 Å². The van der Waals surface area contributed by atoms with E-state index in [2.05, 4.69) is 39.1 Å². The Morgan fingerprint density at radius 3 is 2.42 bits per heavy atom. The lowest BCUT2D eigenvalue weighted by atomic mass is 9.91. The van der Waals surface area contributed by atoms with Crippen LogP contribution >= 0.6 is 11.6 Å². The van der Waals surface area contributed by atoms with Crippen LogP contribution in [0.25, 0.3) is 0 Å². The zero-order chi connectivity index (χ0) is 26.3. The SMILES string of the molecule is Cc1c(Oc2ccc(S(=O)(=O)C3CC3)cc2Cl)ncnc1O[C@@H]1CC2COC[C@@H](C1)N2Cc1ccccc1. The van der Waals surface area contributed by atoms with Crippen LogP contribution in [0.5, 0.6) is 17.5 Å². The first-order valence-electron chi connectivity index (χ1n) is 13.0. The summed E-state index contributed by atoms with van der Waals surface area (Å²) >= 11 is 6.40. The van der Waals surface area contributed by atoms with E-state index in [9.17, 15) is 8.42 Å². The minimum absolute atomic E-state index is 0.00197. The van der Waals surface area contributed by atoms with Gasteiger partial charge in [-0.2, -0.15) is 0 Å². The van der Waals surface area contributed by atoms with Gasteiger partial charge in [-0.3, -0.25) is 4.90 Å². The second-order valence-electron chi connectivity index (χ2n) is 10.3. The molecule has 3 aliphatic rings. The largest absolute Gasteiger partial charge is 0.474 e. The van der Waals surface area contributed by atoms with Crippen LogP contribution in [0.3, 0.4) is 0 Å². The molecule has 3 heterocycles. The normalized spacial score (nSPS) is 23.7. The first kappa shape index (κ1) is 25.6. The van der Waals surface area contributed by atoms with Crippen LogP contribution in [-0.2, 0) is 21.1 Å². The number of fused-ring (bicyclic) bond motifs is 2. The summed E-state index contributed by atoms with van der Waals surface area (Å²) in [6, 6.07) is 15.6. The molecule has 2 aliphatic heterocycles. The molecule has 1 unspecified atom stereocenters. The monoisotopic (exact) mass is 555 g/mol. The Labute approximate surface area is 227 Å². The molecule has 6 rings (SSSR count). The molecule has 0 spiro atoms. The Bertz CT molecular complexity index is 1400. The fourth-order valence-electron chi connectivity index (χ4n) is 5.30. The quantitative estimate of drug-likeness (QED) is 0.384. The van der Waals surface area contributed by atoms with E-state index in [1.165, 1.54) is 24.0 Å². The fraction of sp³-hybridized carbons (Fsp3) is 0.429. The van der Waals surface area contributed by atoms with Crippen LogP contribution in [0.2, 0.25) is 5.02 Å². The van der Waals surface area contributed by atoms with Gasteiger partial charge in [0.25, 0.3) is 0 Å². The molecule has 2 aromatic carbocycles. The number of piperidine rings is 1. The van der Waals surface area contributed by atoms with Crippen molar-refractivity contribution in [3.8, 4) is 17.5 Å². The van der Waals surface area contributed by atoms with E-state index in [4.69, 9.17) is 25.8 Å². The number of benzene rings is 2. The topological polar surface area (TPSA) is 90.9 Å². The minimum atomic E-state index is -3.34. The molecule has 0 amide bonds. The third kappa shape index (κ3) is 5.25. The van der Waals surface area contributed by atoms with Gasteiger partial charge in [0.15, 0.2) is 9.84 Å². The maximum Gasteiger partial charge on any atom is 0.229 e. The molecule has 3 aromatic rings. The molecule has 1 saturated carbocycles.